The summed E-state index contributed by atoms with van der Waals surface area (Å²) in [5, 5.41) is 8.31. The average molecular weight is 691 g/mol. The van der Waals surface area contributed by atoms with E-state index in [9.17, 15) is 24.0 Å². The second-order valence-corrected chi connectivity index (χ2v) is 12.5. The van der Waals surface area contributed by atoms with Crippen LogP contribution in [0.25, 0.3) is 33.2 Å². The molecule has 5 aromatic carbocycles. The second kappa shape index (κ2) is 14.6. The molecule has 1 heterocycles. The standard InChI is InChI=1S/C42H34N4O6/c1-25(47)35-22-43-37-20-19-29(21-34(37)39(35)48)45-41(50)38(46-40(49)28-17-15-27(16-18-28)26-9-3-2-4-10-26)23-44-42(51)52-24-36-32-13-7-5-11-30(32)31-12-6-8-14-33(31)36/h2-22,36,38H,23-24H2,1H3,(H,43,48)(H,44,51)(H,45,50)(H,46,49)/t38-/m0/s1. The maximum atomic E-state index is 13.7. The topological polar surface area (TPSA) is 146 Å². The van der Waals surface area contributed by atoms with E-state index >= 15 is 0 Å². The summed E-state index contributed by atoms with van der Waals surface area (Å²) >= 11 is 0. The first-order valence-corrected chi connectivity index (χ1v) is 16.8. The fourth-order valence-corrected chi connectivity index (χ4v) is 6.52. The molecule has 52 heavy (non-hydrogen) atoms. The Hall–Kier alpha value is -6.81. The first-order valence-electron chi connectivity index (χ1n) is 16.8. The summed E-state index contributed by atoms with van der Waals surface area (Å²) in [4.78, 5) is 68.1. The van der Waals surface area contributed by atoms with Crippen LogP contribution in [0.3, 0.4) is 0 Å². The zero-order chi connectivity index (χ0) is 36.2. The Morgan fingerprint density at radius 2 is 1.40 bits per heavy atom. The Bertz CT molecular complexity index is 2340. The van der Waals surface area contributed by atoms with Crippen molar-refractivity contribution in [2.75, 3.05) is 18.5 Å². The highest BCUT2D eigenvalue weighted by molar-refractivity contribution is 6.03. The van der Waals surface area contributed by atoms with E-state index in [1.807, 2.05) is 91.0 Å². The number of fused-ring (bicyclic) bond motifs is 4. The molecule has 0 spiro atoms. The minimum absolute atomic E-state index is 0.00769. The number of carbonyl (C=O) groups is 4. The highest BCUT2D eigenvalue weighted by Gasteiger charge is 2.29. The number of hydrogen-bond acceptors (Lipinski definition) is 6. The summed E-state index contributed by atoms with van der Waals surface area (Å²) in [5.41, 5.74) is 6.79. The maximum absolute atomic E-state index is 13.7. The predicted molar refractivity (Wildman–Crippen MR) is 199 cm³/mol. The SMILES string of the molecule is CC(=O)c1c[nH]c2ccc(NC(=O)[C@H](CNC(=O)OCC3c4ccccc4-c4ccccc43)NC(=O)c3ccc(-c4ccccc4)cc3)cc2c1=O. The molecule has 0 bridgehead atoms. The van der Waals surface area contributed by atoms with Gasteiger partial charge in [-0.25, -0.2) is 4.79 Å². The number of anilines is 1. The van der Waals surface area contributed by atoms with Gasteiger partial charge in [-0.2, -0.15) is 0 Å². The second-order valence-electron chi connectivity index (χ2n) is 12.5. The van der Waals surface area contributed by atoms with E-state index in [0.29, 0.717) is 11.1 Å². The lowest BCUT2D eigenvalue weighted by atomic mass is 9.98. The number of rotatable bonds is 10. The number of amides is 3. The number of hydrogen-bond donors (Lipinski definition) is 4. The van der Waals surface area contributed by atoms with Gasteiger partial charge in [0.25, 0.3) is 5.91 Å². The van der Waals surface area contributed by atoms with Gasteiger partial charge in [0.2, 0.25) is 5.91 Å². The molecule has 0 saturated heterocycles. The number of pyridine rings is 1. The Labute approximate surface area is 298 Å². The normalized spacial score (nSPS) is 12.3. The molecule has 0 fully saturated rings. The number of ether oxygens (including phenoxy) is 1. The van der Waals surface area contributed by atoms with Crippen LogP contribution in [0.5, 0.6) is 0 Å². The van der Waals surface area contributed by atoms with E-state index in [1.54, 1.807) is 24.3 Å². The van der Waals surface area contributed by atoms with Gasteiger partial charge in [-0.1, -0.05) is 91.0 Å². The van der Waals surface area contributed by atoms with Crippen molar-refractivity contribution in [3.05, 3.63) is 160 Å². The summed E-state index contributed by atoms with van der Waals surface area (Å²) < 4.78 is 5.66. The molecule has 10 heteroatoms. The van der Waals surface area contributed by atoms with Crippen LogP contribution in [0.2, 0.25) is 0 Å². The van der Waals surface area contributed by atoms with Crippen LogP contribution in [0, 0.1) is 0 Å². The zero-order valence-corrected chi connectivity index (χ0v) is 28.1. The number of aromatic amines is 1. The third-order valence-corrected chi connectivity index (χ3v) is 9.20. The molecule has 1 aromatic heterocycles. The number of carbonyl (C=O) groups excluding carboxylic acids is 4. The van der Waals surface area contributed by atoms with Gasteiger partial charge in [-0.3, -0.25) is 19.2 Å². The highest BCUT2D eigenvalue weighted by Crippen LogP contribution is 2.44. The van der Waals surface area contributed by atoms with Crippen molar-refractivity contribution in [3.8, 4) is 22.3 Å². The lowest BCUT2D eigenvalue weighted by Crippen LogP contribution is -2.50. The minimum atomic E-state index is -1.24. The van der Waals surface area contributed by atoms with Crippen LogP contribution in [0.1, 0.15) is 44.7 Å². The molecule has 1 atom stereocenters. The lowest BCUT2D eigenvalue weighted by Gasteiger charge is -2.20. The summed E-state index contributed by atoms with van der Waals surface area (Å²) in [6.07, 6.45) is 0.605. The van der Waals surface area contributed by atoms with Crippen molar-refractivity contribution in [1.29, 1.82) is 0 Å². The van der Waals surface area contributed by atoms with E-state index in [1.165, 1.54) is 19.2 Å². The molecule has 6 aromatic rings. The molecular formula is C42H34N4O6. The minimum Gasteiger partial charge on any atom is -0.449 e. The zero-order valence-electron chi connectivity index (χ0n) is 28.1. The number of alkyl carbamates (subject to hydrolysis) is 1. The van der Waals surface area contributed by atoms with Crippen LogP contribution in [-0.4, -0.2) is 47.9 Å². The summed E-state index contributed by atoms with van der Waals surface area (Å²) in [6, 6.07) is 36.0. The lowest BCUT2D eigenvalue weighted by molar-refractivity contribution is -0.117. The summed E-state index contributed by atoms with van der Waals surface area (Å²) in [6.45, 7) is 1.08. The van der Waals surface area contributed by atoms with Gasteiger partial charge in [-0.05, 0) is 70.6 Å². The van der Waals surface area contributed by atoms with E-state index in [4.69, 9.17) is 4.74 Å². The Kier molecular flexibility index (Phi) is 9.44. The monoisotopic (exact) mass is 690 g/mol. The fraction of sp³-hybridized carbons (Fsp3) is 0.119. The number of benzene rings is 5. The van der Waals surface area contributed by atoms with Crippen LogP contribution in [0.15, 0.2) is 132 Å². The quantitative estimate of drug-likeness (QED) is 0.118. The van der Waals surface area contributed by atoms with Crippen molar-refractivity contribution < 1.29 is 23.9 Å². The van der Waals surface area contributed by atoms with Crippen LogP contribution >= 0.6 is 0 Å². The molecule has 3 amide bonds. The number of Topliss-reactive ketones (excluding diaryl/α,β-unsaturated/α-hetero) is 1. The Morgan fingerprint density at radius 3 is 2.08 bits per heavy atom. The van der Waals surface area contributed by atoms with Crippen molar-refractivity contribution >= 4 is 40.3 Å². The number of aromatic nitrogens is 1. The van der Waals surface area contributed by atoms with E-state index < -0.39 is 35.2 Å². The molecule has 1 aliphatic rings. The predicted octanol–water partition coefficient (Wildman–Crippen LogP) is 6.67. The Balaban J connectivity index is 1.07. The molecule has 258 valence electrons. The van der Waals surface area contributed by atoms with E-state index in [-0.39, 0.29) is 35.7 Å². The molecule has 0 radical (unpaired) electrons. The van der Waals surface area contributed by atoms with E-state index in [0.717, 1.165) is 33.4 Å². The van der Waals surface area contributed by atoms with E-state index in [2.05, 4.69) is 20.9 Å². The van der Waals surface area contributed by atoms with Crippen LogP contribution < -0.4 is 21.4 Å². The molecule has 1 aliphatic carbocycles. The smallest absolute Gasteiger partial charge is 0.407 e. The van der Waals surface area contributed by atoms with Gasteiger partial charge in [0, 0.05) is 34.3 Å². The van der Waals surface area contributed by atoms with Crippen molar-refractivity contribution in [3.63, 3.8) is 0 Å². The van der Waals surface area contributed by atoms with Crippen molar-refractivity contribution in [2.24, 2.45) is 0 Å². The first-order chi connectivity index (χ1) is 25.3. The van der Waals surface area contributed by atoms with Gasteiger partial charge < -0.3 is 25.7 Å². The Morgan fingerprint density at radius 1 is 0.769 bits per heavy atom. The van der Waals surface area contributed by atoms with Gasteiger partial charge in [0.1, 0.15) is 12.6 Å². The number of H-pyrrole nitrogens is 1. The molecular weight excluding hydrogens is 656 g/mol. The van der Waals surface area contributed by atoms with Crippen LogP contribution in [0.4, 0.5) is 10.5 Å². The highest BCUT2D eigenvalue weighted by atomic mass is 16.5. The molecule has 0 unspecified atom stereocenters. The molecule has 7 rings (SSSR count). The van der Waals surface area contributed by atoms with Gasteiger partial charge in [-0.15, -0.1) is 0 Å². The number of ketones is 1. The van der Waals surface area contributed by atoms with Gasteiger partial charge in [0.15, 0.2) is 11.2 Å². The molecule has 4 N–H and O–H groups in total. The average Bonchev–Trinajstić information content (AvgIpc) is 3.49. The molecule has 0 saturated carbocycles. The van der Waals surface area contributed by atoms with Crippen molar-refractivity contribution in [2.45, 2.75) is 18.9 Å². The molecule has 10 nitrogen and oxygen atoms in total. The maximum Gasteiger partial charge on any atom is 0.407 e. The van der Waals surface area contributed by atoms with Crippen LogP contribution in [-0.2, 0) is 9.53 Å². The van der Waals surface area contributed by atoms with Gasteiger partial charge in [0.05, 0.1) is 12.1 Å². The fourth-order valence-electron chi connectivity index (χ4n) is 6.52. The number of nitrogens with one attached hydrogen (secondary N) is 4. The largest absolute Gasteiger partial charge is 0.449 e. The third kappa shape index (κ3) is 6.95. The van der Waals surface area contributed by atoms with Crippen molar-refractivity contribution in [1.82, 2.24) is 15.6 Å². The molecule has 0 aliphatic heterocycles. The summed E-state index contributed by atoms with van der Waals surface area (Å²) in [7, 11) is 0. The van der Waals surface area contributed by atoms with Gasteiger partial charge >= 0.3 is 6.09 Å². The third-order valence-electron chi connectivity index (χ3n) is 9.20. The first kappa shape index (κ1) is 33.7. The summed E-state index contributed by atoms with van der Waals surface area (Å²) in [5.74, 6) is -1.73.